The number of ether oxygens (including phenoxy) is 1. The van der Waals surface area contributed by atoms with Gasteiger partial charge >= 0.3 is 5.69 Å². The van der Waals surface area contributed by atoms with E-state index in [-0.39, 0.29) is 12.4 Å². The van der Waals surface area contributed by atoms with Gasteiger partial charge in [0.25, 0.3) is 0 Å². The number of anilines is 1. The lowest BCUT2D eigenvalue weighted by molar-refractivity contribution is -0.0185. The summed E-state index contributed by atoms with van der Waals surface area (Å²) in [6.45, 7) is 3.67. The minimum atomic E-state index is -0.459. The van der Waals surface area contributed by atoms with Gasteiger partial charge in [0.1, 0.15) is 26.0 Å². The summed E-state index contributed by atoms with van der Waals surface area (Å²) in [7, 11) is 1.77. The third-order valence-corrected chi connectivity index (χ3v) is 2.86. The van der Waals surface area contributed by atoms with Crippen molar-refractivity contribution in [3.63, 3.8) is 0 Å². The zero-order valence-electron chi connectivity index (χ0n) is 9.59. The van der Waals surface area contributed by atoms with Crippen molar-refractivity contribution >= 4 is 19.1 Å². The second kappa shape index (κ2) is 4.35. The van der Waals surface area contributed by atoms with Gasteiger partial charge in [-0.1, -0.05) is 6.58 Å². The minimum Gasteiger partial charge on any atom is -0.393 e. The fraction of sp³-hybridized carbons (Fsp3) is 0.400. The maximum atomic E-state index is 11.7. The van der Waals surface area contributed by atoms with Gasteiger partial charge in [0.2, 0.25) is 0 Å². The van der Waals surface area contributed by atoms with Gasteiger partial charge in [-0.05, 0) is 11.0 Å². The molecule has 6 nitrogen and oxygen atoms in total. The summed E-state index contributed by atoms with van der Waals surface area (Å²) in [5.41, 5.74) is 6.58. The molecule has 1 aliphatic rings. The second-order valence-corrected chi connectivity index (χ2v) is 4.12. The van der Waals surface area contributed by atoms with E-state index in [1.165, 1.54) is 4.57 Å². The van der Waals surface area contributed by atoms with Crippen molar-refractivity contribution in [2.75, 3.05) is 12.3 Å². The molecule has 0 amide bonds. The van der Waals surface area contributed by atoms with Crippen molar-refractivity contribution in [3.8, 4) is 0 Å². The zero-order chi connectivity index (χ0) is 12.6. The normalized spacial score (nSPS) is 24.2. The fourth-order valence-electron chi connectivity index (χ4n) is 1.81. The van der Waals surface area contributed by atoms with Gasteiger partial charge in [-0.15, -0.1) is 0 Å². The summed E-state index contributed by atoms with van der Waals surface area (Å²) >= 11 is 0. The van der Waals surface area contributed by atoms with Crippen LogP contribution in [0.25, 0.3) is 0 Å². The standard InChI is InChI=1S/C10H14BN3O3/c1-5-2-8(17-7(5)4-15)14-3-6(11)9(12)13-10(14)16/h3,7-8,15H,1-2,4,11H2,(H2,12,13,16)/t7-,8-/m1/s1. The van der Waals surface area contributed by atoms with Crippen LogP contribution in [0.2, 0.25) is 0 Å². The van der Waals surface area contributed by atoms with E-state index < -0.39 is 18.0 Å². The van der Waals surface area contributed by atoms with E-state index in [9.17, 15) is 4.79 Å². The van der Waals surface area contributed by atoms with Crippen LogP contribution in [0.3, 0.4) is 0 Å². The van der Waals surface area contributed by atoms with Crippen LogP contribution < -0.4 is 16.9 Å². The number of aliphatic hydroxyl groups is 1. The highest BCUT2D eigenvalue weighted by atomic mass is 16.5. The van der Waals surface area contributed by atoms with Gasteiger partial charge in [-0.25, -0.2) is 4.79 Å². The number of nitrogens with zero attached hydrogens (tertiary/aromatic N) is 2. The van der Waals surface area contributed by atoms with Crippen LogP contribution in [0, 0.1) is 0 Å². The van der Waals surface area contributed by atoms with E-state index in [1.807, 2.05) is 0 Å². The maximum absolute atomic E-state index is 11.7. The number of hydrogen-bond acceptors (Lipinski definition) is 5. The number of hydrogen-bond donors (Lipinski definition) is 2. The van der Waals surface area contributed by atoms with E-state index in [4.69, 9.17) is 15.6 Å². The van der Waals surface area contributed by atoms with Crippen molar-refractivity contribution in [3.05, 3.63) is 28.8 Å². The van der Waals surface area contributed by atoms with Crippen LogP contribution >= 0.6 is 0 Å². The molecule has 2 heterocycles. The first kappa shape index (κ1) is 11.9. The molecule has 0 aromatic carbocycles. The quantitative estimate of drug-likeness (QED) is 0.453. The molecule has 0 saturated carbocycles. The molecule has 2 atom stereocenters. The summed E-state index contributed by atoms with van der Waals surface area (Å²) < 4.78 is 6.90. The monoisotopic (exact) mass is 235 g/mol. The molecule has 0 aliphatic carbocycles. The highest BCUT2D eigenvalue weighted by Crippen LogP contribution is 2.30. The second-order valence-electron chi connectivity index (χ2n) is 4.12. The zero-order valence-corrected chi connectivity index (χ0v) is 9.59. The molecule has 3 N–H and O–H groups in total. The molecule has 2 rings (SSSR count). The smallest absolute Gasteiger partial charge is 0.351 e. The maximum Gasteiger partial charge on any atom is 0.351 e. The molecule has 0 spiro atoms. The summed E-state index contributed by atoms with van der Waals surface area (Å²) in [6.07, 6.45) is 1.24. The molecule has 1 aromatic rings. The first-order chi connectivity index (χ1) is 8.02. The van der Waals surface area contributed by atoms with Crippen LogP contribution in [0.15, 0.2) is 23.1 Å². The summed E-state index contributed by atoms with van der Waals surface area (Å²) in [5, 5.41) is 9.06. The summed E-state index contributed by atoms with van der Waals surface area (Å²) in [5.74, 6) is 0.224. The highest BCUT2D eigenvalue weighted by molar-refractivity contribution is 6.34. The molecule has 0 radical (unpaired) electrons. The Bertz CT molecular complexity index is 514. The first-order valence-corrected chi connectivity index (χ1v) is 5.32. The number of aliphatic hydroxyl groups excluding tert-OH is 1. The van der Waals surface area contributed by atoms with Crippen LogP contribution in [0.5, 0.6) is 0 Å². The topological polar surface area (TPSA) is 90.4 Å². The van der Waals surface area contributed by atoms with Crippen LogP contribution in [0.1, 0.15) is 12.6 Å². The Kier molecular flexibility index (Phi) is 3.04. The van der Waals surface area contributed by atoms with E-state index >= 15 is 0 Å². The number of rotatable bonds is 2. The van der Waals surface area contributed by atoms with Gasteiger partial charge in [0, 0.05) is 12.6 Å². The Morgan fingerprint density at radius 1 is 1.76 bits per heavy atom. The Morgan fingerprint density at radius 2 is 2.47 bits per heavy atom. The van der Waals surface area contributed by atoms with Crippen molar-refractivity contribution < 1.29 is 9.84 Å². The number of aromatic nitrogens is 2. The van der Waals surface area contributed by atoms with E-state index in [0.29, 0.717) is 11.9 Å². The molecule has 1 aromatic heterocycles. The fourth-order valence-corrected chi connectivity index (χ4v) is 1.81. The predicted molar refractivity (Wildman–Crippen MR) is 65.8 cm³/mol. The molecule has 1 saturated heterocycles. The summed E-state index contributed by atoms with van der Waals surface area (Å²) in [4.78, 5) is 15.4. The third kappa shape index (κ3) is 2.11. The Hall–Kier alpha value is -1.60. The largest absolute Gasteiger partial charge is 0.393 e. The van der Waals surface area contributed by atoms with E-state index in [1.54, 1.807) is 14.0 Å². The van der Waals surface area contributed by atoms with Crippen molar-refractivity contribution in [1.29, 1.82) is 0 Å². The molecule has 0 unspecified atom stereocenters. The van der Waals surface area contributed by atoms with Gasteiger partial charge in [-0.3, -0.25) is 4.57 Å². The minimum absolute atomic E-state index is 0.133. The van der Waals surface area contributed by atoms with Gasteiger partial charge in [-0.2, -0.15) is 4.98 Å². The SMILES string of the molecule is Bc1cn([C@H]2CC(=C)[C@@H](CO)O2)c(=O)nc1N. The van der Waals surface area contributed by atoms with Gasteiger partial charge < -0.3 is 15.6 Å². The molecular weight excluding hydrogens is 221 g/mol. The molecule has 7 heteroatoms. The number of nitrogens with two attached hydrogens (primary N) is 1. The van der Waals surface area contributed by atoms with Crippen LogP contribution in [-0.2, 0) is 4.74 Å². The van der Waals surface area contributed by atoms with Crippen molar-refractivity contribution in [2.24, 2.45) is 0 Å². The average molecular weight is 235 g/mol. The molecule has 1 fully saturated rings. The van der Waals surface area contributed by atoms with Crippen molar-refractivity contribution in [1.82, 2.24) is 9.55 Å². The summed E-state index contributed by atoms with van der Waals surface area (Å²) in [6, 6.07) is 0. The van der Waals surface area contributed by atoms with E-state index in [0.717, 1.165) is 5.57 Å². The third-order valence-electron chi connectivity index (χ3n) is 2.86. The van der Waals surface area contributed by atoms with Gasteiger partial charge in [0.15, 0.2) is 0 Å². The lowest BCUT2D eigenvalue weighted by Gasteiger charge is -2.15. The van der Waals surface area contributed by atoms with E-state index in [2.05, 4.69) is 11.6 Å². The lowest BCUT2D eigenvalue weighted by atomic mass is 9.99. The molecule has 1 aliphatic heterocycles. The van der Waals surface area contributed by atoms with Crippen LogP contribution in [-0.4, -0.2) is 35.2 Å². The van der Waals surface area contributed by atoms with Crippen LogP contribution in [0.4, 0.5) is 5.82 Å². The highest BCUT2D eigenvalue weighted by Gasteiger charge is 2.30. The Morgan fingerprint density at radius 3 is 3.06 bits per heavy atom. The first-order valence-electron chi connectivity index (χ1n) is 5.32. The van der Waals surface area contributed by atoms with Crippen molar-refractivity contribution in [2.45, 2.75) is 18.8 Å². The molecule has 0 bridgehead atoms. The molecule has 17 heavy (non-hydrogen) atoms. The Labute approximate surface area is 99.1 Å². The Balaban J connectivity index is 2.34. The molecular formula is C10H14BN3O3. The molecule has 90 valence electrons. The van der Waals surface area contributed by atoms with Gasteiger partial charge in [0.05, 0.1) is 6.61 Å². The average Bonchev–Trinajstić information content (AvgIpc) is 2.65. The predicted octanol–water partition coefficient (Wildman–Crippen LogP) is -2.08. The number of nitrogen functional groups attached to an aromatic ring is 1. The lowest BCUT2D eigenvalue weighted by Crippen LogP contribution is -2.33.